The minimum Gasteiger partial charge on any atom is -0.379 e. The van der Waals surface area contributed by atoms with E-state index in [0.29, 0.717) is 19.8 Å². The van der Waals surface area contributed by atoms with Crippen molar-refractivity contribution < 1.29 is 14.3 Å². The molecule has 1 atom stereocenters. The molecule has 0 saturated carbocycles. The van der Waals surface area contributed by atoms with Crippen molar-refractivity contribution in [3.63, 3.8) is 0 Å². The Bertz CT molecular complexity index is 522. The quantitative estimate of drug-likeness (QED) is 0.782. The van der Waals surface area contributed by atoms with E-state index in [9.17, 15) is 4.79 Å². The van der Waals surface area contributed by atoms with Crippen molar-refractivity contribution in [3.8, 4) is 0 Å². The number of halogens is 2. The van der Waals surface area contributed by atoms with Crippen molar-refractivity contribution in [2.24, 2.45) is 0 Å². The monoisotopic (exact) mass is 391 g/mol. The maximum absolute atomic E-state index is 12.1. The van der Waals surface area contributed by atoms with E-state index in [4.69, 9.17) is 9.47 Å². The predicted molar refractivity (Wildman–Crippen MR) is 101 cm³/mol. The lowest BCUT2D eigenvalue weighted by Crippen LogP contribution is -2.51. The number of carbonyl (C=O) groups is 1. The van der Waals surface area contributed by atoms with Gasteiger partial charge >= 0.3 is 0 Å². The molecule has 2 saturated heterocycles. The fourth-order valence-corrected chi connectivity index (χ4v) is 2.90. The molecule has 8 heteroatoms. The van der Waals surface area contributed by atoms with Gasteiger partial charge in [-0.25, -0.2) is 0 Å². The number of carbonyl (C=O) groups excluding carboxylic acids is 1. The summed E-state index contributed by atoms with van der Waals surface area (Å²) in [5.74, 6) is 0.00304. The van der Waals surface area contributed by atoms with Gasteiger partial charge < -0.3 is 20.1 Å². The number of ether oxygens (including phenoxy) is 2. The average Bonchev–Trinajstić information content (AvgIpc) is 2.62. The van der Waals surface area contributed by atoms with E-state index < -0.39 is 0 Å². The molecule has 0 radical (unpaired) electrons. The Labute approximate surface area is 161 Å². The summed E-state index contributed by atoms with van der Waals surface area (Å²) in [7, 11) is 0. The molecule has 0 spiro atoms. The van der Waals surface area contributed by atoms with Crippen LogP contribution in [0.2, 0.25) is 0 Å². The van der Waals surface area contributed by atoms with Gasteiger partial charge in [0.1, 0.15) is 6.04 Å². The van der Waals surface area contributed by atoms with Crippen molar-refractivity contribution in [1.82, 2.24) is 15.5 Å². The number of hydrogen-bond acceptors (Lipinski definition) is 5. The molecule has 25 heavy (non-hydrogen) atoms. The van der Waals surface area contributed by atoms with Crippen LogP contribution in [-0.4, -0.2) is 62.9 Å². The second kappa shape index (κ2) is 11.7. The molecular weight excluding hydrogens is 365 g/mol. The Hall–Kier alpha value is -0.890. The predicted octanol–water partition coefficient (Wildman–Crippen LogP) is 0.967. The highest BCUT2D eigenvalue weighted by atomic mass is 35.5. The van der Waals surface area contributed by atoms with Crippen molar-refractivity contribution in [2.75, 3.05) is 46.1 Å². The van der Waals surface area contributed by atoms with Gasteiger partial charge in [-0.2, -0.15) is 0 Å². The third kappa shape index (κ3) is 7.09. The van der Waals surface area contributed by atoms with Crippen molar-refractivity contribution in [1.29, 1.82) is 0 Å². The van der Waals surface area contributed by atoms with E-state index >= 15 is 0 Å². The van der Waals surface area contributed by atoms with Crippen LogP contribution in [0.4, 0.5) is 0 Å². The lowest BCUT2D eigenvalue weighted by Gasteiger charge is -2.26. The molecule has 2 heterocycles. The van der Waals surface area contributed by atoms with Crippen LogP contribution in [0.5, 0.6) is 0 Å². The van der Waals surface area contributed by atoms with E-state index in [0.717, 1.165) is 45.0 Å². The first-order chi connectivity index (χ1) is 11.3. The summed E-state index contributed by atoms with van der Waals surface area (Å²) in [5, 5.41) is 6.15. The minimum atomic E-state index is -0.236. The number of morpholine rings is 2. The Balaban J connectivity index is 0.00000156. The zero-order valence-corrected chi connectivity index (χ0v) is 15.9. The highest BCUT2D eigenvalue weighted by Gasteiger charge is 2.20. The molecule has 6 nitrogen and oxygen atoms in total. The van der Waals surface area contributed by atoms with Gasteiger partial charge in [-0.1, -0.05) is 24.3 Å². The summed E-state index contributed by atoms with van der Waals surface area (Å²) < 4.78 is 10.7. The second-order valence-corrected chi connectivity index (χ2v) is 6.01. The molecule has 142 valence electrons. The maximum atomic E-state index is 12.1. The van der Waals surface area contributed by atoms with Crippen LogP contribution in [0, 0.1) is 0 Å². The topological polar surface area (TPSA) is 62.8 Å². The number of nitrogens with zero attached hydrogens (tertiary/aromatic N) is 1. The summed E-state index contributed by atoms with van der Waals surface area (Å²) in [6, 6.07) is 8.17. The highest BCUT2D eigenvalue weighted by Crippen LogP contribution is 2.10. The summed E-state index contributed by atoms with van der Waals surface area (Å²) in [6.07, 6.45) is 0. The molecule has 1 unspecified atom stereocenters. The molecule has 2 aliphatic rings. The van der Waals surface area contributed by atoms with Crippen molar-refractivity contribution in [2.45, 2.75) is 19.1 Å². The molecule has 2 aliphatic heterocycles. The van der Waals surface area contributed by atoms with Crippen molar-refractivity contribution in [3.05, 3.63) is 35.4 Å². The van der Waals surface area contributed by atoms with Crippen LogP contribution in [0.3, 0.4) is 0 Å². The fraction of sp³-hybridized carbons (Fsp3) is 0.588. The van der Waals surface area contributed by atoms with Gasteiger partial charge in [0.05, 0.1) is 26.4 Å². The van der Waals surface area contributed by atoms with Gasteiger partial charge in [0.25, 0.3) is 0 Å². The first-order valence-electron chi connectivity index (χ1n) is 8.28. The number of rotatable bonds is 5. The highest BCUT2D eigenvalue weighted by molar-refractivity contribution is 5.85. The van der Waals surface area contributed by atoms with Gasteiger partial charge in [0, 0.05) is 32.7 Å². The van der Waals surface area contributed by atoms with Crippen LogP contribution >= 0.6 is 24.8 Å². The van der Waals surface area contributed by atoms with Crippen LogP contribution in [0.15, 0.2) is 24.3 Å². The number of hydrogen-bond donors (Lipinski definition) is 2. The van der Waals surface area contributed by atoms with Crippen molar-refractivity contribution >= 4 is 30.7 Å². The standard InChI is InChI=1S/C17H25N3O3.2ClH/c21-17(16-13-23-7-4-18-16)19-11-14-2-1-3-15(10-14)12-20-5-8-22-9-6-20;;/h1-3,10,16,18H,4-9,11-13H2,(H,19,21);2*1H. The van der Waals surface area contributed by atoms with E-state index in [-0.39, 0.29) is 36.8 Å². The largest absolute Gasteiger partial charge is 0.379 e. The van der Waals surface area contributed by atoms with Gasteiger partial charge in [-0.15, -0.1) is 24.8 Å². The molecule has 0 aromatic heterocycles. The summed E-state index contributed by atoms with van der Waals surface area (Å²) in [5.41, 5.74) is 2.40. The smallest absolute Gasteiger partial charge is 0.239 e. The Morgan fingerprint density at radius 1 is 1.16 bits per heavy atom. The Morgan fingerprint density at radius 2 is 1.92 bits per heavy atom. The third-order valence-corrected chi connectivity index (χ3v) is 4.21. The minimum absolute atomic E-state index is 0. The number of benzene rings is 1. The SMILES string of the molecule is Cl.Cl.O=C(NCc1cccc(CN2CCOCC2)c1)C1COCCN1. The summed E-state index contributed by atoms with van der Waals surface area (Å²) >= 11 is 0. The summed E-state index contributed by atoms with van der Waals surface area (Å²) in [6.45, 7) is 6.92. The molecule has 0 bridgehead atoms. The van der Waals surface area contributed by atoms with E-state index in [2.05, 4.69) is 33.7 Å². The lowest BCUT2D eigenvalue weighted by atomic mass is 10.1. The normalized spacial score (nSPS) is 20.9. The molecule has 2 fully saturated rings. The van der Waals surface area contributed by atoms with Gasteiger partial charge in [-0.05, 0) is 11.1 Å². The van der Waals surface area contributed by atoms with Gasteiger partial charge in [0.2, 0.25) is 5.91 Å². The maximum Gasteiger partial charge on any atom is 0.239 e. The molecular formula is C17H27Cl2N3O3. The van der Waals surface area contributed by atoms with Crippen LogP contribution in [0.25, 0.3) is 0 Å². The molecule has 3 rings (SSSR count). The number of amides is 1. The average molecular weight is 392 g/mol. The zero-order valence-electron chi connectivity index (χ0n) is 14.2. The lowest BCUT2D eigenvalue weighted by molar-refractivity contribution is -0.126. The first-order valence-corrected chi connectivity index (χ1v) is 8.28. The van der Waals surface area contributed by atoms with Gasteiger partial charge in [-0.3, -0.25) is 9.69 Å². The van der Waals surface area contributed by atoms with E-state index in [1.54, 1.807) is 0 Å². The summed E-state index contributed by atoms with van der Waals surface area (Å²) in [4.78, 5) is 14.5. The fourth-order valence-electron chi connectivity index (χ4n) is 2.90. The number of nitrogens with one attached hydrogen (secondary N) is 2. The molecule has 1 aromatic rings. The van der Waals surface area contributed by atoms with Crippen LogP contribution in [0.1, 0.15) is 11.1 Å². The molecule has 0 aliphatic carbocycles. The van der Waals surface area contributed by atoms with E-state index in [1.165, 1.54) is 5.56 Å². The Kier molecular flexibility index (Phi) is 10.3. The molecule has 1 aromatic carbocycles. The zero-order chi connectivity index (χ0) is 15.9. The first kappa shape index (κ1) is 22.2. The van der Waals surface area contributed by atoms with E-state index in [1.807, 2.05) is 6.07 Å². The Morgan fingerprint density at radius 3 is 2.64 bits per heavy atom. The molecule has 1 amide bonds. The van der Waals surface area contributed by atoms with Crippen LogP contribution < -0.4 is 10.6 Å². The van der Waals surface area contributed by atoms with Gasteiger partial charge in [0.15, 0.2) is 0 Å². The van der Waals surface area contributed by atoms with Crippen LogP contribution in [-0.2, 0) is 27.4 Å². The second-order valence-electron chi connectivity index (χ2n) is 6.01. The third-order valence-electron chi connectivity index (χ3n) is 4.21. The molecule has 2 N–H and O–H groups in total.